The van der Waals surface area contributed by atoms with Crippen LogP contribution in [-0.4, -0.2) is 16.8 Å². The van der Waals surface area contributed by atoms with E-state index >= 15 is 0 Å². The number of rotatable bonds is 4. The monoisotopic (exact) mass is 337 g/mol. The smallest absolute Gasteiger partial charge is 0.257 e. The molecule has 2 aromatic rings. The lowest BCUT2D eigenvalue weighted by atomic mass is 9.87. The van der Waals surface area contributed by atoms with E-state index in [1.807, 2.05) is 6.92 Å². The average molecular weight is 337 g/mol. The van der Waals surface area contributed by atoms with Gasteiger partial charge in [0.15, 0.2) is 0 Å². The standard InChI is InChI=1S/C20H23N3O2/c1-14(20(2,3)4)12-18(24)22-16-7-9-17(10-8-16)23-19(25)15-6-5-11-21-13-15/h5-13H,1-4H3,(H,22,24)(H,23,25)/b14-12+. The zero-order chi connectivity index (χ0) is 18.4. The SMILES string of the molecule is C/C(=C\C(=O)Nc1ccc(NC(=O)c2cccnc2)cc1)C(C)(C)C. The maximum absolute atomic E-state index is 12.1. The molecule has 25 heavy (non-hydrogen) atoms. The Balaban J connectivity index is 1.98. The van der Waals surface area contributed by atoms with E-state index in [9.17, 15) is 9.59 Å². The minimum absolute atomic E-state index is 0.0439. The molecule has 130 valence electrons. The molecule has 0 spiro atoms. The number of carbonyl (C=O) groups is 2. The molecule has 2 amide bonds. The third-order valence-electron chi connectivity index (χ3n) is 3.86. The first-order valence-corrected chi connectivity index (χ1v) is 8.07. The number of hydrogen-bond acceptors (Lipinski definition) is 3. The van der Waals surface area contributed by atoms with Crippen LogP contribution in [0.1, 0.15) is 38.1 Å². The van der Waals surface area contributed by atoms with E-state index in [1.54, 1.807) is 48.7 Å². The van der Waals surface area contributed by atoms with Crippen LogP contribution in [0.15, 0.2) is 60.4 Å². The summed E-state index contributed by atoms with van der Waals surface area (Å²) < 4.78 is 0. The summed E-state index contributed by atoms with van der Waals surface area (Å²) >= 11 is 0. The molecule has 0 aliphatic carbocycles. The number of anilines is 2. The Morgan fingerprint density at radius 1 is 1.00 bits per heavy atom. The third-order valence-corrected chi connectivity index (χ3v) is 3.86. The normalized spacial score (nSPS) is 11.8. The highest BCUT2D eigenvalue weighted by Crippen LogP contribution is 2.24. The fraction of sp³-hybridized carbons (Fsp3) is 0.250. The number of aromatic nitrogens is 1. The van der Waals surface area contributed by atoms with E-state index in [0.717, 1.165) is 5.57 Å². The van der Waals surface area contributed by atoms with Gasteiger partial charge in [-0.1, -0.05) is 26.3 Å². The van der Waals surface area contributed by atoms with Crippen LogP contribution in [0.25, 0.3) is 0 Å². The molecule has 2 rings (SSSR count). The summed E-state index contributed by atoms with van der Waals surface area (Å²) in [6.07, 6.45) is 4.73. The van der Waals surface area contributed by atoms with Gasteiger partial charge in [0.2, 0.25) is 5.91 Å². The lowest BCUT2D eigenvalue weighted by Crippen LogP contribution is -2.14. The molecule has 0 saturated heterocycles. The number of allylic oxidation sites excluding steroid dienone is 1. The molecular weight excluding hydrogens is 314 g/mol. The predicted molar refractivity (Wildman–Crippen MR) is 100 cm³/mol. The average Bonchev–Trinajstić information content (AvgIpc) is 2.56. The number of hydrogen-bond donors (Lipinski definition) is 2. The van der Waals surface area contributed by atoms with Crippen LogP contribution in [0.4, 0.5) is 11.4 Å². The zero-order valence-electron chi connectivity index (χ0n) is 15.0. The number of nitrogens with zero attached hydrogens (tertiary/aromatic N) is 1. The van der Waals surface area contributed by atoms with E-state index in [0.29, 0.717) is 16.9 Å². The van der Waals surface area contributed by atoms with Crippen LogP contribution >= 0.6 is 0 Å². The molecule has 0 aliphatic rings. The van der Waals surface area contributed by atoms with Crippen molar-refractivity contribution in [3.05, 3.63) is 66.0 Å². The Bertz CT molecular complexity index is 773. The van der Waals surface area contributed by atoms with Crippen molar-refractivity contribution in [3.63, 3.8) is 0 Å². The quantitative estimate of drug-likeness (QED) is 0.819. The Morgan fingerprint density at radius 3 is 2.12 bits per heavy atom. The molecule has 1 aromatic heterocycles. The van der Waals surface area contributed by atoms with Gasteiger partial charge in [0.05, 0.1) is 5.56 Å². The minimum Gasteiger partial charge on any atom is -0.323 e. The lowest BCUT2D eigenvalue weighted by molar-refractivity contribution is -0.112. The second kappa shape index (κ2) is 7.75. The van der Waals surface area contributed by atoms with Crippen LogP contribution in [-0.2, 0) is 4.79 Å². The molecular formula is C20H23N3O2. The van der Waals surface area contributed by atoms with Gasteiger partial charge in [0.1, 0.15) is 0 Å². The van der Waals surface area contributed by atoms with Crippen molar-refractivity contribution >= 4 is 23.2 Å². The highest BCUT2D eigenvalue weighted by Gasteiger charge is 2.13. The molecule has 0 radical (unpaired) electrons. The molecule has 0 aliphatic heterocycles. The second-order valence-electron chi connectivity index (χ2n) is 6.84. The fourth-order valence-corrected chi connectivity index (χ4v) is 1.93. The second-order valence-corrected chi connectivity index (χ2v) is 6.84. The van der Waals surface area contributed by atoms with Gasteiger partial charge in [-0.2, -0.15) is 0 Å². The molecule has 1 aromatic carbocycles. The molecule has 0 fully saturated rings. The first-order chi connectivity index (χ1) is 11.8. The van der Waals surface area contributed by atoms with Crippen LogP contribution in [0, 0.1) is 5.41 Å². The Labute approximate surface area is 148 Å². The largest absolute Gasteiger partial charge is 0.323 e. The molecule has 0 saturated carbocycles. The number of pyridine rings is 1. The molecule has 0 bridgehead atoms. The van der Waals surface area contributed by atoms with Gasteiger partial charge in [-0.25, -0.2) is 0 Å². The van der Waals surface area contributed by atoms with E-state index < -0.39 is 0 Å². The van der Waals surface area contributed by atoms with Crippen molar-refractivity contribution in [1.82, 2.24) is 4.98 Å². The summed E-state index contributed by atoms with van der Waals surface area (Å²) in [6.45, 7) is 8.13. The van der Waals surface area contributed by atoms with Gasteiger partial charge in [-0.05, 0) is 48.7 Å². The summed E-state index contributed by atoms with van der Waals surface area (Å²) in [6, 6.07) is 10.4. The summed E-state index contributed by atoms with van der Waals surface area (Å²) in [5.74, 6) is -0.395. The Morgan fingerprint density at radius 2 is 1.60 bits per heavy atom. The summed E-state index contributed by atoms with van der Waals surface area (Å²) in [7, 11) is 0. The Kier molecular flexibility index (Phi) is 5.70. The molecule has 0 atom stereocenters. The first kappa shape index (κ1) is 18.4. The maximum Gasteiger partial charge on any atom is 0.257 e. The molecule has 2 N–H and O–H groups in total. The maximum atomic E-state index is 12.1. The van der Waals surface area contributed by atoms with Gasteiger partial charge < -0.3 is 10.6 Å². The van der Waals surface area contributed by atoms with E-state index in [1.165, 1.54) is 6.20 Å². The number of benzene rings is 1. The van der Waals surface area contributed by atoms with Crippen LogP contribution < -0.4 is 10.6 Å². The molecule has 5 heteroatoms. The van der Waals surface area contributed by atoms with Crippen molar-refractivity contribution < 1.29 is 9.59 Å². The predicted octanol–water partition coefficient (Wildman–Crippen LogP) is 4.26. The topological polar surface area (TPSA) is 71.1 Å². The van der Waals surface area contributed by atoms with Gasteiger partial charge in [0.25, 0.3) is 5.91 Å². The highest BCUT2D eigenvalue weighted by molar-refractivity contribution is 6.04. The van der Waals surface area contributed by atoms with Crippen molar-refractivity contribution in [2.75, 3.05) is 10.6 Å². The van der Waals surface area contributed by atoms with E-state index in [-0.39, 0.29) is 17.2 Å². The summed E-state index contributed by atoms with van der Waals surface area (Å²) in [5, 5.41) is 5.61. The van der Waals surface area contributed by atoms with Crippen LogP contribution in [0.3, 0.4) is 0 Å². The van der Waals surface area contributed by atoms with Crippen LogP contribution in [0.2, 0.25) is 0 Å². The first-order valence-electron chi connectivity index (χ1n) is 8.07. The Hall–Kier alpha value is -2.95. The van der Waals surface area contributed by atoms with E-state index in [2.05, 4.69) is 36.4 Å². The minimum atomic E-state index is -0.228. The van der Waals surface area contributed by atoms with Crippen molar-refractivity contribution in [2.45, 2.75) is 27.7 Å². The van der Waals surface area contributed by atoms with Crippen molar-refractivity contribution in [3.8, 4) is 0 Å². The van der Waals surface area contributed by atoms with Crippen LogP contribution in [0.5, 0.6) is 0 Å². The molecule has 0 unspecified atom stereocenters. The number of carbonyl (C=O) groups excluding carboxylic acids is 2. The van der Waals surface area contributed by atoms with Gasteiger partial charge in [0, 0.05) is 29.8 Å². The zero-order valence-corrected chi connectivity index (χ0v) is 15.0. The summed E-state index contributed by atoms with van der Waals surface area (Å²) in [4.78, 5) is 28.0. The molecule has 1 heterocycles. The van der Waals surface area contributed by atoms with Crippen molar-refractivity contribution in [2.24, 2.45) is 5.41 Å². The van der Waals surface area contributed by atoms with Gasteiger partial charge in [-0.3, -0.25) is 14.6 Å². The molecule has 5 nitrogen and oxygen atoms in total. The number of nitrogens with one attached hydrogen (secondary N) is 2. The lowest BCUT2D eigenvalue weighted by Gasteiger charge is -2.19. The number of amides is 2. The van der Waals surface area contributed by atoms with E-state index in [4.69, 9.17) is 0 Å². The highest BCUT2D eigenvalue weighted by atomic mass is 16.2. The summed E-state index contributed by atoms with van der Waals surface area (Å²) in [5.41, 5.74) is 2.77. The third kappa shape index (κ3) is 5.57. The van der Waals surface area contributed by atoms with Gasteiger partial charge in [-0.15, -0.1) is 0 Å². The van der Waals surface area contributed by atoms with Crippen molar-refractivity contribution in [1.29, 1.82) is 0 Å². The fourth-order valence-electron chi connectivity index (χ4n) is 1.93. The van der Waals surface area contributed by atoms with Gasteiger partial charge >= 0.3 is 0 Å².